The van der Waals surface area contributed by atoms with Crippen LogP contribution >= 0.6 is 16.1 Å². The van der Waals surface area contributed by atoms with Crippen molar-refractivity contribution < 1.29 is 0 Å². The Hall–Kier alpha value is -2.30. The van der Waals surface area contributed by atoms with Gasteiger partial charge in [0.15, 0.2) is 0 Å². The van der Waals surface area contributed by atoms with Gasteiger partial charge >= 0.3 is 0 Å². The lowest BCUT2D eigenvalue weighted by Crippen LogP contribution is -2.28. The molecule has 0 bridgehead atoms. The molecule has 36 heavy (non-hydrogen) atoms. The Morgan fingerprint density at radius 2 is 0.889 bits per heavy atom. The summed E-state index contributed by atoms with van der Waals surface area (Å²) in [6.07, 6.45) is 5.23. The van der Waals surface area contributed by atoms with E-state index >= 15 is 0 Å². The van der Waals surface area contributed by atoms with Crippen LogP contribution in [-0.4, -0.2) is 10.5 Å². The highest BCUT2D eigenvalue weighted by atomic mass is 31.2. The fourth-order valence-corrected chi connectivity index (χ4v) is 13.2. The first-order chi connectivity index (χ1) is 17.9. The summed E-state index contributed by atoms with van der Waals surface area (Å²) in [5.74, 6) is 0. The van der Waals surface area contributed by atoms with Gasteiger partial charge in [0, 0.05) is 25.4 Å². The predicted molar refractivity (Wildman–Crippen MR) is 160 cm³/mol. The van der Waals surface area contributed by atoms with Crippen molar-refractivity contribution in [1.29, 1.82) is 0 Å². The van der Waals surface area contributed by atoms with E-state index in [0.29, 0.717) is 17.4 Å². The summed E-state index contributed by atoms with van der Waals surface area (Å²) in [6, 6.07) is 46.2. The Kier molecular flexibility index (Phi) is 8.66. The van der Waals surface area contributed by atoms with Crippen molar-refractivity contribution in [3.63, 3.8) is 0 Å². The molecule has 0 unspecified atom stereocenters. The summed E-state index contributed by atoms with van der Waals surface area (Å²) >= 11 is 0. The Balaban J connectivity index is 0.00000130. The first-order valence-electron chi connectivity index (χ1n) is 13.5. The molecule has 2 atom stereocenters. The SMILES string of the molecule is CC.c1ccc([C@H]2CC[C@H](c3ccccc3)P2N(C2CC2)P(c2ccccc2)c2ccccc2)cc1. The summed E-state index contributed by atoms with van der Waals surface area (Å²) in [4.78, 5) is 0. The van der Waals surface area contributed by atoms with Crippen molar-refractivity contribution in [3.05, 3.63) is 132 Å². The molecule has 0 radical (unpaired) electrons. The van der Waals surface area contributed by atoms with E-state index in [1.807, 2.05) is 13.8 Å². The van der Waals surface area contributed by atoms with Crippen molar-refractivity contribution in [2.24, 2.45) is 0 Å². The second-order valence-electron chi connectivity index (χ2n) is 9.34. The zero-order chi connectivity index (χ0) is 24.7. The summed E-state index contributed by atoms with van der Waals surface area (Å²) in [5.41, 5.74) is 4.32. The van der Waals surface area contributed by atoms with Gasteiger partial charge in [0.05, 0.1) is 0 Å². The summed E-state index contributed by atoms with van der Waals surface area (Å²) in [5, 5.41) is 2.98. The van der Waals surface area contributed by atoms with Crippen molar-refractivity contribution in [1.82, 2.24) is 4.44 Å². The van der Waals surface area contributed by atoms with Crippen LogP contribution in [0.5, 0.6) is 0 Å². The standard InChI is InChI=1S/C31H31NP2.C2H6/c1-5-13-25(14-6-1)30-23-24-31(26-15-7-2-8-16-26)34(30)32(27-21-22-27)33(28-17-9-3-10-18-28)29-19-11-4-12-20-29;1-2/h1-20,27,30-31H,21-24H2;1-2H3/t30-,31-;/m1./s1. The van der Waals surface area contributed by atoms with Crippen LogP contribution in [0.2, 0.25) is 0 Å². The van der Waals surface area contributed by atoms with Gasteiger partial charge in [-0.3, -0.25) is 0 Å². The van der Waals surface area contributed by atoms with Gasteiger partial charge in [-0.15, -0.1) is 0 Å². The van der Waals surface area contributed by atoms with E-state index in [0.717, 1.165) is 0 Å². The minimum Gasteiger partial charge on any atom is -0.248 e. The molecule has 6 rings (SSSR count). The van der Waals surface area contributed by atoms with Gasteiger partial charge in [0.2, 0.25) is 0 Å². The number of nitrogens with zero attached hydrogens (tertiary/aromatic N) is 1. The van der Waals surface area contributed by atoms with Crippen molar-refractivity contribution in [2.45, 2.75) is 56.9 Å². The van der Waals surface area contributed by atoms with E-state index in [9.17, 15) is 0 Å². The molecular weight excluding hydrogens is 472 g/mol. The molecule has 184 valence electrons. The number of benzene rings is 4. The highest BCUT2D eigenvalue weighted by Crippen LogP contribution is 2.78. The second-order valence-corrected chi connectivity index (χ2v) is 14.2. The second kappa shape index (κ2) is 12.3. The molecule has 2 fully saturated rings. The Bertz CT molecular complexity index is 1090. The topological polar surface area (TPSA) is 3.24 Å². The van der Waals surface area contributed by atoms with Crippen LogP contribution < -0.4 is 10.6 Å². The first kappa shape index (κ1) is 25.4. The molecule has 1 aliphatic heterocycles. The van der Waals surface area contributed by atoms with E-state index in [4.69, 9.17) is 0 Å². The molecule has 0 spiro atoms. The van der Waals surface area contributed by atoms with Gasteiger partial charge in [-0.1, -0.05) is 135 Å². The predicted octanol–water partition coefficient (Wildman–Crippen LogP) is 9.20. The van der Waals surface area contributed by atoms with Gasteiger partial charge in [0.1, 0.15) is 0 Å². The van der Waals surface area contributed by atoms with Gasteiger partial charge in [-0.25, -0.2) is 4.44 Å². The molecule has 2 aliphatic rings. The molecule has 1 nitrogen and oxygen atoms in total. The van der Waals surface area contributed by atoms with Crippen LogP contribution in [0.15, 0.2) is 121 Å². The third-order valence-electron chi connectivity index (χ3n) is 7.04. The maximum absolute atomic E-state index is 3.07. The van der Waals surface area contributed by atoms with Crippen LogP contribution in [-0.2, 0) is 0 Å². The lowest BCUT2D eigenvalue weighted by molar-refractivity contribution is 0.685. The Morgan fingerprint density at radius 3 is 1.25 bits per heavy atom. The van der Waals surface area contributed by atoms with Crippen LogP contribution in [0, 0.1) is 0 Å². The van der Waals surface area contributed by atoms with E-state index < -0.39 is 8.07 Å². The smallest absolute Gasteiger partial charge is 0.0321 e. The largest absolute Gasteiger partial charge is 0.248 e. The minimum atomic E-state index is -0.574. The summed E-state index contributed by atoms with van der Waals surface area (Å²) in [7, 11) is -0.964. The van der Waals surface area contributed by atoms with E-state index in [1.165, 1.54) is 47.4 Å². The lowest BCUT2D eigenvalue weighted by atomic mass is 10.0. The zero-order valence-corrected chi connectivity index (χ0v) is 23.2. The van der Waals surface area contributed by atoms with Crippen LogP contribution in [0.3, 0.4) is 0 Å². The first-order valence-corrected chi connectivity index (χ1v) is 16.2. The minimum absolute atomic E-state index is 0.389. The van der Waals surface area contributed by atoms with Gasteiger partial charge in [-0.2, -0.15) is 0 Å². The molecule has 0 aromatic heterocycles. The maximum Gasteiger partial charge on any atom is 0.0321 e. The molecule has 1 heterocycles. The third-order valence-corrected chi connectivity index (χ3v) is 13.7. The molecular formula is C33H37NP2. The van der Waals surface area contributed by atoms with E-state index in [-0.39, 0.29) is 8.07 Å². The molecule has 4 aromatic carbocycles. The monoisotopic (exact) mass is 509 g/mol. The van der Waals surface area contributed by atoms with Crippen molar-refractivity contribution in [2.75, 3.05) is 0 Å². The van der Waals surface area contributed by atoms with Crippen LogP contribution in [0.1, 0.15) is 62.0 Å². The lowest BCUT2D eigenvalue weighted by Gasteiger charge is -2.42. The molecule has 1 aliphatic carbocycles. The van der Waals surface area contributed by atoms with Crippen molar-refractivity contribution in [3.8, 4) is 0 Å². The summed E-state index contributed by atoms with van der Waals surface area (Å²) < 4.78 is 3.07. The highest BCUT2D eigenvalue weighted by molar-refractivity contribution is 7.79. The molecule has 3 heteroatoms. The number of hydrogen-bond acceptors (Lipinski definition) is 1. The van der Waals surface area contributed by atoms with Crippen LogP contribution in [0.4, 0.5) is 0 Å². The molecule has 4 aromatic rings. The quantitative estimate of drug-likeness (QED) is 0.225. The van der Waals surface area contributed by atoms with Gasteiger partial charge in [0.25, 0.3) is 0 Å². The normalized spacial score (nSPS) is 19.8. The van der Waals surface area contributed by atoms with Crippen LogP contribution in [0.25, 0.3) is 0 Å². The van der Waals surface area contributed by atoms with E-state index in [2.05, 4.69) is 126 Å². The molecule has 1 saturated heterocycles. The number of rotatable bonds is 7. The van der Waals surface area contributed by atoms with Gasteiger partial charge < -0.3 is 0 Å². The Morgan fingerprint density at radius 1 is 0.528 bits per heavy atom. The third kappa shape index (κ3) is 5.50. The highest BCUT2D eigenvalue weighted by Gasteiger charge is 2.49. The fourth-order valence-electron chi connectivity index (χ4n) is 5.36. The molecule has 0 N–H and O–H groups in total. The number of hydrogen-bond donors (Lipinski definition) is 0. The average molecular weight is 510 g/mol. The summed E-state index contributed by atoms with van der Waals surface area (Å²) in [6.45, 7) is 4.00. The Labute approximate surface area is 220 Å². The van der Waals surface area contributed by atoms with Gasteiger partial charge in [-0.05, 0) is 55.5 Å². The average Bonchev–Trinajstić information content (AvgIpc) is 3.72. The van der Waals surface area contributed by atoms with E-state index in [1.54, 1.807) is 0 Å². The zero-order valence-electron chi connectivity index (χ0n) is 21.4. The fraction of sp³-hybridized carbons (Fsp3) is 0.273. The molecule has 1 saturated carbocycles. The maximum atomic E-state index is 3.07. The van der Waals surface area contributed by atoms with Crippen molar-refractivity contribution >= 4 is 26.8 Å². The molecule has 0 amide bonds.